The Balaban J connectivity index is 2.44. The van der Waals surface area contributed by atoms with Crippen LogP contribution in [0.3, 0.4) is 0 Å². The Hall–Kier alpha value is -1.98. The zero-order chi connectivity index (χ0) is 12.7. The monoisotopic (exact) mass is 238 g/mol. The molecule has 0 saturated heterocycles. The summed E-state index contributed by atoms with van der Waals surface area (Å²) < 4.78 is 5.00. The maximum atomic E-state index is 11.2. The summed E-state index contributed by atoms with van der Waals surface area (Å²) >= 11 is 0. The lowest BCUT2D eigenvalue weighted by Gasteiger charge is -2.08. The molecule has 1 aromatic rings. The molecular formula is C11H18N4O2. The van der Waals surface area contributed by atoms with Gasteiger partial charge in [-0.1, -0.05) is 0 Å². The third-order valence-corrected chi connectivity index (χ3v) is 2.12. The summed E-state index contributed by atoms with van der Waals surface area (Å²) in [5.41, 5.74) is 6.12. The Labute approximate surface area is 101 Å². The van der Waals surface area contributed by atoms with E-state index in [0.717, 1.165) is 0 Å². The number of rotatable bonds is 6. The first-order valence-electron chi connectivity index (χ1n) is 5.48. The number of hydrogen-bond acceptors (Lipinski definition) is 5. The van der Waals surface area contributed by atoms with Gasteiger partial charge in [-0.25, -0.2) is 0 Å². The number of ether oxygens (including phenoxy) is 1. The number of nitrogens with zero attached hydrogens (tertiary/aromatic N) is 1. The van der Waals surface area contributed by atoms with Gasteiger partial charge in [-0.2, -0.15) is 4.98 Å². The maximum Gasteiger partial charge on any atom is 0.238 e. The second-order valence-corrected chi connectivity index (χ2v) is 3.43. The number of carbonyl (C=O) groups excluding carboxylic acids is 1. The summed E-state index contributed by atoms with van der Waals surface area (Å²) in [7, 11) is 1.51. The first-order chi connectivity index (χ1) is 8.17. The van der Waals surface area contributed by atoms with Crippen LogP contribution in [0.5, 0.6) is 5.88 Å². The Morgan fingerprint density at radius 3 is 2.94 bits per heavy atom. The number of amides is 1. The number of nitrogens with two attached hydrogens (primary N) is 1. The van der Waals surface area contributed by atoms with Gasteiger partial charge in [0.1, 0.15) is 5.82 Å². The molecule has 1 aromatic heterocycles. The van der Waals surface area contributed by atoms with E-state index in [0.29, 0.717) is 36.9 Å². The van der Waals surface area contributed by atoms with E-state index in [1.54, 1.807) is 12.1 Å². The molecular weight excluding hydrogens is 220 g/mol. The minimum atomic E-state index is 0.0161. The maximum absolute atomic E-state index is 11.2. The molecule has 0 aliphatic carbocycles. The third-order valence-electron chi connectivity index (χ3n) is 2.12. The molecule has 4 N–H and O–H groups in total. The summed E-state index contributed by atoms with van der Waals surface area (Å²) in [4.78, 5) is 15.3. The van der Waals surface area contributed by atoms with Crippen molar-refractivity contribution in [2.75, 3.05) is 31.2 Å². The van der Waals surface area contributed by atoms with Gasteiger partial charge in [0, 0.05) is 19.5 Å². The molecule has 0 aromatic carbocycles. The van der Waals surface area contributed by atoms with Crippen molar-refractivity contribution in [3.05, 3.63) is 12.1 Å². The van der Waals surface area contributed by atoms with Crippen molar-refractivity contribution < 1.29 is 9.53 Å². The number of carbonyl (C=O) groups is 1. The molecule has 94 valence electrons. The highest BCUT2D eigenvalue weighted by atomic mass is 16.5. The molecule has 0 atom stereocenters. The molecule has 0 unspecified atom stereocenters. The van der Waals surface area contributed by atoms with E-state index in [9.17, 15) is 4.79 Å². The van der Waals surface area contributed by atoms with E-state index >= 15 is 0 Å². The summed E-state index contributed by atoms with van der Waals surface area (Å²) in [6.07, 6.45) is 0.405. The standard InChI is InChI=1S/C11H18N4O2/c1-3-13-10(16)6-7-14-9-5-4-8(12)11(15-9)17-2/h4-5H,3,6-7,12H2,1-2H3,(H,13,16)(H,14,15). The molecule has 6 heteroatoms. The molecule has 0 aliphatic rings. The lowest BCUT2D eigenvalue weighted by atomic mass is 10.3. The number of anilines is 2. The Kier molecular flexibility index (Phi) is 5.06. The largest absolute Gasteiger partial charge is 0.479 e. The van der Waals surface area contributed by atoms with Gasteiger partial charge in [0.2, 0.25) is 11.8 Å². The Bertz CT molecular complexity index is 382. The van der Waals surface area contributed by atoms with Crippen LogP contribution in [0.25, 0.3) is 0 Å². The van der Waals surface area contributed by atoms with E-state index in [-0.39, 0.29) is 5.91 Å². The second-order valence-electron chi connectivity index (χ2n) is 3.43. The van der Waals surface area contributed by atoms with Gasteiger partial charge in [0.25, 0.3) is 0 Å². The molecule has 6 nitrogen and oxygen atoms in total. The van der Waals surface area contributed by atoms with Gasteiger partial charge in [-0.05, 0) is 19.1 Å². The highest BCUT2D eigenvalue weighted by Crippen LogP contribution is 2.19. The molecule has 0 radical (unpaired) electrons. The molecule has 0 bridgehead atoms. The first-order valence-corrected chi connectivity index (χ1v) is 5.48. The van der Waals surface area contributed by atoms with E-state index in [2.05, 4.69) is 15.6 Å². The van der Waals surface area contributed by atoms with Gasteiger partial charge in [-0.3, -0.25) is 4.79 Å². The molecule has 17 heavy (non-hydrogen) atoms. The van der Waals surface area contributed by atoms with Crippen molar-refractivity contribution in [3.8, 4) is 5.88 Å². The molecule has 0 saturated carbocycles. The topological polar surface area (TPSA) is 89.3 Å². The van der Waals surface area contributed by atoms with Crippen LogP contribution in [-0.2, 0) is 4.79 Å². The molecule has 0 fully saturated rings. The normalized spacial score (nSPS) is 9.76. The van der Waals surface area contributed by atoms with Gasteiger partial charge in [0.05, 0.1) is 12.8 Å². The average Bonchev–Trinajstić information content (AvgIpc) is 2.31. The Morgan fingerprint density at radius 1 is 1.53 bits per heavy atom. The summed E-state index contributed by atoms with van der Waals surface area (Å²) in [5, 5.41) is 5.75. The average molecular weight is 238 g/mol. The van der Waals surface area contributed by atoms with Crippen molar-refractivity contribution in [2.45, 2.75) is 13.3 Å². The van der Waals surface area contributed by atoms with Crippen molar-refractivity contribution in [1.29, 1.82) is 0 Å². The third kappa shape index (κ3) is 4.18. The minimum Gasteiger partial charge on any atom is -0.479 e. The fourth-order valence-corrected chi connectivity index (χ4v) is 1.30. The second kappa shape index (κ2) is 6.57. The molecule has 1 amide bonds. The van der Waals surface area contributed by atoms with E-state index in [1.165, 1.54) is 7.11 Å². The highest BCUT2D eigenvalue weighted by Gasteiger charge is 2.03. The summed E-state index contributed by atoms with van der Waals surface area (Å²) in [6.45, 7) is 3.05. The number of nitrogen functional groups attached to an aromatic ring is 1. The first kappa shape index (κ1) is 13.1. The zero-order valence-corrected chi connectivity index (χ0v) is 10.1. The minimum absolute atomic E-state index is 0.0161. The van der Waals surface area contributed by atoms with Gasteiger partial charge in [-0.15, -0.1) is 0 Å². The van der Waals surface area contributed by atoms with E-state index in [4.69, 9.17) is 10.5 Å². The molecule has 0 aliphatic heterocycles. The lowest BCUT2D eigenvalue weighted by molar-refractivity contribution is -0.120. The predicted molar refractivity (Wildman–Crippen MR) is 67.0 cm³/mol. The van der Waals surface area contributed by atoms with Crippen molar-refractivity contribution >= 4 is 17.4 Å². The van der Waals surface area contributed by atoms with E-state index in [1.807, 2.05) is 6.92 Å². The molecule has 1 heterocycles. The van der Waals surface area contributed by atoms with Crippen molar-refractivity contribution in [1.82, 2.24) is 10.3 Å². The van der Waals surface area contributed by atoms with Crippen LogP contribution in [0, 0.1) is 0 Å². The van der Waals surface area contributed by atoms with Crippen LogP contribution >= 0.6 is 0 Å². The SMILES string of the molecule is CCNC(=O)CCNc1ccc(N)c(OC)n1. The van der Waals surface area contributed by atoms with Crippen molar-refractivity contribution in [3.63, 3.8) is 0 Å². The smallest absolute Gasteiger partial charge is 0.238 e. The quantitative estimate of drug-likeness (QED) is 0.675. The summed E-state index contributed by atoms with van der Waals surface area (Å²) in [6, 6.07) is 3.45. The van der Waals surface area contributed by atoms with Crippen LogP contribution in [0.2, 0.25) is 0 Å². The van der Waals surface area contributed by atoms with Crippen LogP contribution in [0.15, 0.2) is 12.1 Å². The fraction of sp³-hybridized carbons (Fsp3) is 0.455. The number of pyridine rings is 1. The number of aromatic nitrogens is 1. The van der Waals surface area contributed by atoms with Crippen LogP contribution in [-0.4, -0.2) is 31.1 Å². The lowest BCUT2D eigenvalue weighted by Crippen LogP contribution is -2.24. The van der Waals surface area contributed by atoms with Gasteiger partial charge in [0.15, 0.2) is 0 Å². The van der Waals surface area contributed by atoms with Gasteiger partial charge < -0.3 is 21.1 Å². The zero-order valence-electron chi connectivity index (χ0n) is 10.1. The Morgan fingerprint density at radius 2 is 2.29 bits per heavy atom. The molecule has 1 rings (SSSR count). The number of nitrogens with one attached hydrogen (secondary N) is 2. The van der Waals surface area contributed by atoms with Gasteiger partial charge >= 0.3 is 0 Å². The highest BCUT2D eigenvalue weighted by molar-refractivity contribution is 5.76. The predicted octanol–water partition coefficient (Wildman–Crippen LogP) is 0.610. The number of hydrogen-bond donors (Lipinski definition) is 3. The van der Waals surface area contributed by atoms with Crippen molar-refractivity contribution in [2.24, 2.45) is 0 Å². The molecule has 0 spiro atoms. The van der Waals surface area contributed by atoms with Crippen LogP contribution in [0.4, 0.5) is 11.5 Å². The fourth-order valence-electron chi connectivity index (χ4n) is 1.30. The van der Waals surface area contributed by atoms with Crippen LogP contribution in [0.1, 0.15) is 13.3 Å². The number of methoxy groups -OCH3 is 1. The van der Waals surface area contributed by atoms with Crippen LogP contribution < -0.4 is 21.1 Å². The van der Waals surface area contributed by atoms with E-state index < -0.39 is 0 Å². The summed E-state index contributed by atoms with van der Waals surface area (Å²) in [5.74, 6) is 1.04.